The van der Waals surface area contributed by atoms with Crippen molar-refractivity contribution in [2.24, 2.45) is 5.10 Å². The Hall–Kier alpha value is -3.07. The van der Waals surface area contributed by atoms with Crippen LogP contribution in [-0.2, 0) is 4.79 Å². The van der Waals surface area contributed by atoms with E-state index in [-0.39, 0.29) is 11.4 Å². The molecule has 0 aliphatic carbocycles. The van der Waals surface area contributed by atoms with Gasteiger partial charge in [0, 0.05) is 6.92 Å². The average molecular weight is 283 g/mol. The third-order valence-electron chi connectivity index (χ3n) is 2.61. The Morgan fingerprint density at radius 1 is 1.38 bits per heavy atom. The summed E-state index contributed by atoms with van der Waals surface area (Å²) in [5.74, 6) is -0.212. The summed E-state index contributed by atoms with van der Waals surface area (Å²) in [5, 5.41) is 13.3. The summed E-state index contributed by atoms with van der Waals surface area (Å²) in [5.41, 5.74) is 0.996. The Morgan fingerprint density at radius 2 is 2.10 bits per heavy atom. The summed E-state index contributed by atoms with van der Waals surface area (Å²) in [6.07, 6.45) is 3.07. The number of carbonyl (C=O) groups is 1. The number of rotatable bonds is 4. The fourth-order valence-electron chi connectivity index (χ4n) is 1.70. The van der Waals surface area contributed by atoms with Gasteiger partial charge in [-0.1, -0.05) is 30.3 Å². The molecule has 1 aromatic heterocycles. The van der Waals surface area contributed by atoms with Gasteiger partial charge in [0.2, 0.25) is 5.88 Å². The number of carbonyl (C=O) groups excluding carboxylic acids is 1. The lowest BCUT2D eigenvalue weighted by Gasteiger charge is -2.02. The van der Waals surface area contributed by atoms with Crippen molar-refractivity contribution in [2.45, 2.75) is 6.92 Å². The Morgan fingerprint density at radius 3 is 2.67 bits per heavy atom. The fraction of sp³-hybridized carbons (Fsp3) is 0.133. The number of nitrogens with zero attached hydrogens (tertiary/aromatic N) is 3. The number of aromatic nitrogens is 1. The highest BCUT2D eigenvalue weighted by molar-refractivity contribution is 5.79. The molecular weight excluding hydrogens is 270 g/mol. The monoisotopic (exact) mass is 283 g/mol. The summed E-state index contributed by atoms with van der Waals surface area (Å²) >= 11 is 0. The van der Waals surface area contributed by atoms with Gasteiger partial charge in [0.15, 0.2) is 11.3 Å². The van der Waals surface area contributed by atoms with Crippen LogP contribution in [0.25, 0.3) is 0 Å². The number of hydrogen-bond donors (Lipinski definition) is 0. The third kappa shape index (κ3) is 3.28. The first-order valence-electron chi connectivity index (χ1n) is 6.13. The fourth-order valence-corrected chi connectivity index (χ4v) is 1.70. The first-order valence-corrected chi connectivity index (χ1v) is 6.13. The predicted molar refractivity (Wildman–Crippen MR) is 76.4 cm³/mol. The highest BCUT2D eigenvalue weighted by Gasteiger charge is 2.19. The van der Waals surface area contributed by atoms with E-state index >= 15 is 0 Å². The van der Waals surface area contributed by atoms with Gasteiger partial charge in [0.25, 0.3) is 0 Å². The van der Waals surface area contributed by atoms with Crippen molar-refractivity contribution in [1.82, 2.24) is 4.68 Å². The van der Waals surface area contributed by atoms with E-state index in [0.29, 0.717) is 5.75 Å². The topological polar surface area (TPSA) is 76.6 Å². The van der Waals surface area contributed by atoms with Gasteiger partial charge in [-0.25, -0.2) is 4.68 Å². The molecule has 0 saturated carbocycles. The lowest BCUT2D eigenvalue weighted by Crippen LogP contribution is -2.06. The minimum Gasteiger partial charge on any atom is -0.494 e. The molecule has 21 heavy (non-hydrogen) atoms. The summed E-state index contributed by atoms with van der Waals surface area (Å²) < 4.78 is 11.4. The van der Waals surface area contributed by atoms with Crippen LogP contribution in [0, 0.1) is 11.3 Å². The Kier molecular flexibility index (Phi) is 4.36. The van der Waals surface area contributed by atoms with Gasteiger partial charge in [0.05, 0.1) is 19.5 Å². The zero-order chi connectivity index (χ0) is 15.2. The minimum absolute atomic E-state index is 0.0361. The summed E-state index contributed by atoms with van der Waals surface area (Å²) in [4.78, 5) is 11.2. The van der Waals surface area contributed by atoms with E-state index in [1.807, 2.05) is 36.4 Å². The molecule has 2 rings (SSSR count). The molecule has 0 radical (unpaired) electrons. The maximum absolute atomic E-state index is 11.2. The van der Waals surface area contributed by atoms with Gasteiger partial charge in [0.1, 0.15) is 6.07 Å². The van der Waals surface area contributed by atoms with E-state index in [0.717, 1.165) is 5.56 Å². The summed E-state index contributed by atoms with van der Waals surface area (Å²) in [6.45, 7) is 1.26. The lowest BCUT2D eigenvalue weighted by atomic mass is 10.2. The molecule has 0 bridgehead atoms. The highest BCUT2D eigenvalue weighted by Crippen LogP contribution is 2.30. The summed E-state index contributed by atoms with van der Waals surface area (Å²) in [6, 6.07) is 11.4. The summed E-state index contributed by atoms with van der Waals surface area (Å²) in [7, 11) is 1.43. The standard InChI is InChI=1S/C15H13N3O3/c1-11(19)21-15-13(8-16)14(20-2)10-18(15)17-9-12-6-4-3-5-7-12/h3-7,9-10H,1-2H3/b17-9+. The highest BCUT2D eigenvalue weighted by atomic mass is 16.5. The number of hydrogen-bond acceptors (Lipinski definition) is 5. The van der Waals surface area contributed by atoms with Crippen molar-refractivity contribution in [3.05, 3.63) is 47.7 Å². The second-order valence-corrected chi connectivity index (χ2v) is 4.08. The van der Waals surface area contributed by atoms with Gasteiger partial charge in [-0.3, -0.25) is 4.79 Å². The molecule has 6 nitrogen and oxygen atoms in total. The molecule has 0 amide bonds. The van der Waals surface area contributed by atoms with E-state index in [1.165, 1.54) is 24.9 Å². The predicted octanol–water partition coefficient (Wildman–Crippen LogP) is 2.18. The van der Waals surface area contributed by atoms with E-state index in [1.54, 1.807) is 6.21 Å². The van der Waals surface area contributed by atoms with E-state index in [9.17, 15) is 4.79 Å². The minimum atomic E-state index is -0.539. The third-order valence-corrected chi connectivity index (χ3v) is 2.61. The maximum Gasteiger partial charge on any atom is 0.309 e. The van der Waals surface area contributed by atoms with Crippen LogP contribution < -0.4 is 9.47 Å². The van der Waals surface area contributed by atoms with Gasteiger partial charge in [-0.05, 0) is 5.56 Å². The van der Waals surface area contributed by atoms with Gasteiger partial charge in [-0.2, -0.15) is 10.4 Å². The molecule has 0 N–H and O–H groups in total. The molecule has 0 fully saturated rings. The van der Waals surface area contributed by atoms with E-state index in [4.69, 9.17) is 14.7 Å². The maximum atomic E-state index is 11.2. The molecular formula is C15H13N3O3. The van der Waals surface area contributed by atoms with Crippen molar-refractivity contribution in [1.29, 1.82) is 5.26 Å². The van der Waals surface area contributed by atoms with Crippen molar-refractivity contribution >= 4 is 12.2 Å². The van der Waals surface area contributed by atoms with Crippen LogP contribution >= 0.6 is 0 Å². The number of methoxy groups -OCH3 is 1. The molecule has 0 aliphatic rings. The molecule has 0 aliphatic heterocycles. The van der Waals surface area contributed by atoms with Gasteiger partial charge in [-0.15, -0.1) is 0 Å². The van der Waals surface area contributed by atoms with Crippen LogP contribution in [0.3, 0.4) is 0 Å². The SMILES string of the molecule is COc1cn(/N=C/c2ccccc2)c(OC(C)=O)c1C#N. The average Bonchev–Trinajstić information content (AvgIpc) is 2.82. The number of benzene rings is 1. The molecule has 0 unspecified atom stereocenters. The van der Waals surface area contributed by atoms with E-state index < -0.39 is 5.97 Å². The second-order valence-electron chi connectivity index (χ2n) is 4.08. The van der Waals surface area contributed by atoms with Crippen LogP contribution in [0.5, 0.6) is 11.6 Å². The van der Waals surface area contributed by atoms with Crippen LogP contribution in [0.1, 0.15) is 18.1 Å². The number of ether oxygens (including phenoxy) is 2. The Balaban J connectivity index is 2.43. The zero-order valence-corrected chi connectivity index (χ0v) is 11.6. The first-order chi connectivity index (χ1) is 10.2. The molecule has 2 aromatic rings. The Labute approximate surface area is 121 Å². The lowest BCUT2D eigenvalue weighted by molar-refractivity contribution is -0.132. The zero-order valence-electron chi connectivity index (χ0n) is 11.6. The van der Waals surface area contributed by atoms with Crippen LogP contribution in [0.15, 0.2) is 41.6 Å². The smallest absolute Gasteiger partial charge is 0.309 e. The molecule has 1 heterocycles. The first kappa shape index (κ1) is 14.3. The molecule has 0 saturated heterocycles. The number of nitriles is 1. The van der Waals surface area contributed by atoms with Crippen LogP contribution in [0.2, 0.25) is 0 Å². The van der Waals surface area contributed by atoms with Crippen LogP contribution in [0.4, 0.5) is 0 Å². The molecule has 0 spiro atoms. The normalized spacial score (nSPS) is 10.3. The largest absolute Gasteiger partial charge is 0.494 e. The Bertz CT molecular complexity index is 712. The van der Waals surface area contributed by atoms with Gasteiger partial charge < -0.3 is 9.47 Å². The molecule has 1 aromatic carbocycles. The van der Waals surface area contributed by atoms with Crippen molar-refractivity contribution in [3.63, 3.8) is 0 Å². The molecule has 0 atom stereocenters. The molecule has 6 heteroatoms. The van der Waals surface area contributed by atoms with Crippen molar-refractivity contribution < 1.29 is 14.3 Å². The van der Waals surface area contributed by atoms with Crippen molar-refractivity contribution in [3.8, 4) is 17.7 Å². The molecule has 106 valence electrons. The van der Waals surface area contributed by atoms with Gasteiger partial charge >= 0.3 is 5.97 Å². The number of esters is 1. The van der Waals surface area contributed by atoms with Crippen molar-refractivity contribution in [2.75, 3.05) is 7.11 Å². The van der Waals surface area contributed by atoms with Crippen LogP contribution in [-0.4, -0.2) is 24.0 Å². The second kappa shape index (κ2) is 6.39. The quantitative estimate of drug-likeness (QED) is 0.636. The van der Waals surface area contributed by atoms with E-state index in [2.05, 4.69) is 5.10 Å².